The van der Waals surface area contributed by atoms with Gasteiger partial charge in [-0.2, -0.15) is 0 Å². The van der Waals surface area contributed by atoms with Gasteiger partial charge in [0, 0.05) is 12.7 Å². The smallest absolute Gasteiger partial charge is 0.183 e. The molecule has 1 aromatic heterocycles. The Bertz CT molecular complexity index is 508. The van der Waals surface area contributed by atoms with Crippen LogP contribution < -0.4 is 10.1 Å². The third-order valence-corrected chi connectivity index (χ3v) is 3.33. The van der Waals surface area contributed by atoms with E-state index in [9.17, 15) is 0 Å². The molecule has 2 rings (SSSR count). The van der Waals surface area contributed by atoms with Crippen LogP contribution in [0.5, 0.6) is 5.75 Å². The summed E-state index contributed by atoms with van der Waals surface area (Å²) in [6.45, 7) is 7.02. The van der Waals surface area contributed by atoms with Gasteiger partial charge in [0.1, 0.15) is 5.75 Å². The Morgan fingerprint density at radius 2 is 2.22 bits per heavy atom. The minimum atomic E-state index is 0.194. The lowest BCUT2D eigenvalue weighted by molar-refractivity contribution is 0.242. The molecule has 0 saturated heterocycles. The normalized spacial score (nSPS) is 10.7. The minimum absolute atomic E-state index is 0.194. The molecule has 0 aliphatic rings. The van der Waals surface area contributed by atoms with Crippen LogP contribution in [-0.4, -0.2) is 17.6 Å². The highest BCUT2D eigenvalue weighted by Crippen LogP contribution is 2.31. The summed E-state index contributed by atoms with van der Waals surface area (Å²) in [5.41, 5.74) is 1.15. The summed E-state index contributed by atoms with van der Waals surface area (Å²) in [5.74, 6) is 0.904. The summed E-state index contributed by atoms with van der Waals surface area (Å²) in [4.78, 5) is 5.49. The van der Waals surface area contributed by atoms with Crippen LogP contribution in [0.2, 0.25) is 0 Å². The van der Waals surface area contributed by atoms with Gasteiger partial charge in [0.25, 0.3) is 0 Å². The van der Waals surface area contributed by atoms with Crippen LogP contribution in [0.15, 0.2) is 30.5 Å². The SMILES string of the molecule is CCNc1ncc(-c2cccc(OC(C)C)c2)s1. The van der Waals surface area contributed by atoms with Crippen LogP contribution in [0.1, 0.15) is 20.8 Å². The van der Waals surface area contributed by atoms with E-state index >= 15 is 0 Å². The zero-order valence-corrected chi connectivity index (χ0v) is 11.8. The number of thiazole rings is 1. The van der Waals surface area contributed by atoms with E-state index in [1.54, 1.807) is 11.3 Å². The molecule has 18 heavy (non-hydrogen) atoms. The maximum absolute atomic E-state index is 5.70. The van der Waals surface area contributed by atoms with E-state index in [-0.39, 0.29) is 6.10 Å². The molecule has 0 amide bonds. The zero-order valence-electron chi connectivity index (χ0n) is 10.9. The van der Waals surface area contributed by atoms with Gasteiger partial charge in [0.2, 0.25) is 0 Å². The molecule has 0 aliphatic heterocycles. The maximum atomic E-state index is 5.70. The highest BCUT2D eigenvalue weighted by molar-refractivity contribution is 7.18. The van der Waals surface area contributed by atoms with Gasteiger partial charge in [-0.05, 0) is 38.5 Å². The largest absolute Gasteiger partial charge is 0.491 e. The first-order valence-corrected chi connectivity index (χ1v) is 6.97. The minimum Gasteiger partial charge on any atom is -0.491 e. The first kappa shape index (κ1) is 12.9. The Morgan fingerprint density at radius 3 is 2.94 bits per heavy atom. The first-order valence-electron chi connectivity index (χ1n) is 6.16. The summed E-state index contributed by atoms with van der Waals surface area (Å²) in [7, 11) is 0. The zero-order chi connectivity index (χ0) is 13.0. The highest BCUT2D eigenvalue weighted by Gasteiger charge is 2.05. The van der Waals surface area contributed by atoms with Crippen LogP contribution in [0.25, 0.3) is 10.4 Å². The number of hydrogen-bond donors (Lipinski definition) is 1. The molecule has 0 bridgehead atoms. The third kappa shape index (κ3) is 3.23. The lowest BCUT2D eigenvalue weighted by Gasteiger charge is -2.10. The van der Waals surface area contributed by atoms with Crippen molar-refractivity contribution >= 4 is 16.5 Å². The molecule has 0 unspecified atom stereocenters. The Labute approximate surface area is 112 Å². The van der Waals surface area contributed by atoms with Crippen LogP contribution in [0.4, 0.5) is 5.13 Å². The molecular weight excluding hydrogens is 244 g/mol. The quantitative estimate of drug-likeness (QED) is 0.883. The summed E-state index contributed by atoms with van der Waals surface area (Å²) >= 11 is 1.66. The van der Waals surface area contributed by atoms with Crippen molar-refractivity contribution in [3.8, 4) is 16.2 Å². The Hall–Kier alpha value is -1.55. The van der Waals surface area contributed by atoms with E-state index in [1.807, 2.05) is 32.2 Å². The molecule has 1 aromatic carbocycles. The number of nitrogens with zero attached hydrogens (tertiary/aromatic N) is 1. The second kappa shape index (κ2) is 5.87. The van der Waals surface area contributed by atoms with E-state index in [4.69, 9.17) is 4.74 Å². The first-order chi connectivity index (χ1) is 8.69. The van der Waals surface area contributed by atoms with E-state index in [0.29, 0.717) is 0 Å². The average Bonchev–Trinajstić information content (AvgIpc) is 2.78. The van der Waals surface area contributed by atoms with Crippen molar-refractivity contribution in [3.05, 3.63) is 30.5 Å². The fourth-order valence-corrected chi connectivity index (χ4v) is 2.52. The second-order valence-corrected chi connectivity index (χ2v) is 5.29. The molecule has 4 heteroatoms. The fourth-order valence-electron chi connectivity index (χ4n) is 1.64. The lowest BCUT2D eigenvalue weighted by atomic mass is 10.2. The fraction of sp³-hybridized carbons (Fsp3) is 0.357. The van der Waals surface area contributed by atoms with E-state index in [2.05, 4.69) is 29.4 Å². The van der Waals surface area contributed by atoms with Crippen molar-refractivity contribution in [2.24, 2.45) is 0 Å². The standard InChI is InChI=1S/C14H18N2OS/c1-4-15-14-16-9-13(18-14)11-6-5-7-12(8-11)17-10(2)3/h5-10H,4H2,1-3H3,(H,15,16). The highest BCUT2D eigenvalue weighted by atomic mass is 32.1. The van der Waals surface area contributed by atoms with E-state index in [0.717, 1.165) is 27.9 Å². The van der Waals surface area contributed by atoms with Gasteiger partial charge in [-0.3, -0.25) is 0 Å². The number of nitrogens with one attached hydrogen (secondary N) is 1. The van der Waals surface area contributed by atoms with Gasteiger partial charge in [0.15, 0.2) is 5.13 Å². The number of rotatable bonds is 5. The molecule has 0 aliphatic carbocycles. The molecule has 0 spiro atoms. The Morgan fingerprint density at radius 1 is 1.39 bits per heavy atom. The number of aromatic nitrogens is 1. The van der Waals surface area contributed by atoms with Crippen LogP contribution in [0.3, 0.4) is 0 Å². The van der Waals surface area contributed by atoms with Crippen molar-refractivity contribution in [1.82, 2.24) is 4.98 Å². The molecule has 0 fully saturated rings. The number of benzene rings is 1. The van der Waals surface area contributed by atoms with Crippen LogP contribution in [0, 0.1) is 0 Å². The Balaban J connectivity index is 2.21. The van der Waals surface area contributed by atoms with E-state index in [1.165, 1.54) is 0 Å². The number of anilines is 1. The molecule has 0 atom stereocenters. The van der Waals surface area contributed by atoms with Gasteiger partial charge >= 0.3 is 0 Å². The van der Waals surface area contributed by atoms with Crippen LogP contribution in [-0.2, 0) is 0 Å². The summed E-state index contributed by atoms with van der Waals surface area (Å²) in [6, 6.07) is 8.13. The van der Waals surface area contributed by atoms with Gasteiger partial charge in [-0.25, -0.2) is 4.98 Å². The van der Waals surface area contributed by atoms with Crippen molar-refractivity contribution in [2.75, 3.05) is 11.9 Å². The van der Waals surface area contributed by atoms with Crippen LogP contribution >= 0.6 is 11.3 Å². The molecule has 0 radical (unpaired) electrons. The van der Waals surface area contributed by atoms with Gasteiger partial charge in [0.05, 0.1) is 11.0 Å². The average molecular weight is 262 g/mol. The molecule has 96 valence electrons. The molecule has 1 N–H and O–H groups in total. The van der Waals surface area contributed by atoms with Gasteiger partial charge < -0.3 is 10.1 Å². The third-order valence-electron chi connectivity index (χ3n) is 2.32. The molecule has 1 heterocycles. The summed E-state index contributed by atoms with van der Waals surface area (Å²) in [5, 5.41) is 4.18. The van der Waals surface area contributed by atoms with Crippen molar-refractivity contribution in [2.45, 2.75) is 26.9 Å². The summed E-state index contributed by atoms with van der Waals surface area (Å²) < 4.78 is 5.70. The topological polar surface area (TPSA) is 34.2 Å². The predicted molar refractivity (Wildman–Crippen MR) is 77.5 cm³/mol. The maximum Gasteiger partial charge on any atom is 0.183 e. The predicted octanol–water partition coefficient (Wildman–Crippen LogP) is 4.03. The van der Waals surface area contributed by atoms with Gasteiger partial charge in [-0.15, -0.1) is 0 Å². The monoisotopic (exact) mass is 262 g/mol. The van der Waals surface area contributed by atoms with E-state index < -0.39 is 0 Å². The Kier molecular flexibility index (Phi) is 4.20. The van der Waals surface area contributed by atoms with Crippen molar-refractivity contribution in [1.29, 1.82) is 0 Å². The molecule has 3 nitrogen and oxygen atoms in total. The molecule has 2 aromatic rings. The van der Waals surface area contributed by atoms with Crippen molar-refractivity contribution < 1.29 is 4.74 Å². The summed E-state index contributed by atoms with van der Waals surface area (Å²) in [6.07, 6.45) is 2.09. The van der Waals surface area contributed by atoms with Gasteiger partial charge in [-0.1, -0.05) is 23.5 Å². The van der Waals surface area contributed by atoms with Crippen molar-refractivity contribution in [3.63, 3.8) is 0 Å². The molecule has 0 saturated carbocycles. The number of ether oxygens (including phenoxy) is 1. The molecular formula is C14H18N2OS. The lowest BCUT2D eigenvalue weighted by Crippen LogP contribution is -2.05. The second-order valence-electron chi connectivity index (χ2n) is 4.25. The number of hydrogen-bond acceptors (Lipinski definition) is 4.